The zero-order chi connectivity index (χ0) is 19.8. The van der Waals surface area contributed by atoms with Gasteiger partial charge in [0, 0.05) is 11.3 Å². The summed E-state index contributed by atoms with van der Waals surface area (Å²) in [5.74, 6) is 1.28. The van der Waals surface area contributed by atoms with Crippen LogP contribution >= 0.6 is 12.2 Å². The summed E-state index contributed by atoms with van der Waals surface area (Å²) in [6.45, 7) is 9.04. The largest absolute Gasteiger partial charge is 0.493 e. The van der Waals surface area contributed by atoms with Crippen LogP contribution in [0.25, 0.3) is 0 Å². The molecular weight excluding hydrogens is 358 g/mol. The van der Waals surface area contributed by atoms with Gasteiger partial charge in [0.15, 0.2) is 5.11 Å². The number of carbonyl (C=O) groups excluding carboxylic acids is 1. The van der Waals surface area contributed by atoms with E-state index in [4.69, 9.17) is 17.0 Å². The van der Waals surface area contributed by atoms with Gasteiger partial charge in [-0.05, 0) is 59.9 Å². The third-order valence-corrected chi connectivity index (χ3v) is 4.01. The molecule has 27 heavy (non-hydrogen) atoms. The fourth-order valence-electron chi connectivity index (χ4n) is 2.29. The Morgan fingerprint density at radius 1 is 1.04 bits per heavy atom. The molecule has 0 bridgehead atoms. The van der Waals surface area contributed by atoms with Gasteiger partial charge in [-0.1, -0.05) is 45.9 Å². The average Bonchev–Trinajstić information content (AvgIpc) is 2.65. The lowest BCUT2D eigenvalue weighted by Gasteiger charge is -2.13. The average molecular weight is 386 g/mol. The minimum Gasteiger partial charge on any atom is -0.493 e. The van der Waals surface area contributed by atoms with Gasteiger partial charge in [-0.2, -0.15) is 0 Å². The first-order chi connectivity index (χ1) is 12.8. The predicted molar refractivity (Wildman–Crippen MR) is 114 cm³/mol. The van der Waals surface area contributed by atoms with Gasteiger partial charge in [0.1, 0.15) is 5.75 Å². The molecule has 1 amide bonds. The highest BCUT2D eigenvalue weighted by atomic mass is 32.1. The molecule has 0 unspecified atom stereocenters. The number of carbonyl (C=O) groups is 1. The molecule has 2 aromatic carbocycles. The van der Waals surface area contributed by atoms with Crippen molar-refractivity contribution in [1.82, 2.24) is 10.9 Å². The quantitative estimate of drug-likeness (QED) is 0.506. The predicted octanol–water partition coefficient (Wildman–Crippen LogP) is 4.48. The maximum atomic E-state index is 12.3. The van der Waals surface area contributed by atoms with Crippen molar-refractivity contribution >= 4 is 28.9 Å². The molecule has 0 heterocycles. The Morgan fingerprint density at radius 2 is 1.74 bits per heavy atom. The number of rotatable bonds is 6. The molecular formula is C21H27N3O2S. The van der Waals surface area contributed by atoms with Crippen LogP contribution in [0.1, 0.15) is 49.5 Å². The number of benzene rings is 2. The minimum atomic E-state index is -0.288. The van der Waals surface area contributed by atoms with Crippen molar-refractivity contribution in [2.75, 3.05) is 11.9 Å². The smallest absolute Gasteiger partial charge is 0.269 e. The van der Waals surface area contributed by atoms with Crippen LogP contribution in [0.5, 0.6) is 5.75 Å². The molecule has 6 heteroatoms. The Kier molecular flexibility index (Phi) is 7.61. The zero-order valence-electron chi connectivity index (χ0n) is 16.2. The van der Waals surface area contributed by atoms with Crippen LogP contribution in [-0.2, 0) is 0 Å². The van der Waals surface area contributed by atoms with E-state index in [0.717, 1.165) is 5.69 Å². The number of thiocarbonyl (C=S) groups is 1. The summed E-state index contributed by atoms with van der Waals surface area (Å²) in [6, 6.07) is 15.1. The molecule has 5 nitrogen and oxygen atoms in total. The molecule has 2 rings (SSSR count). The second-order valence-electron chi connectivity index (χ2n) is 7.04. The molecule has 0 spiro atoms. The van der Waals surface area contributed by atoms with Crippen molar-refractivity contribution in [1.29, 1.82) is 0 Å². The number of ether oxygens (including phenoxy) is 1. The zero-order valence-corrected chi connectivity index (χ0v) is 17.0. The summed E-state index contributed by atoms with van der Waals surface area (Å²) in [4.78, 5) is 12.3. The molecule has 0 fully saturated rings. The van der Waals surface area contributed by atoms with Crippen molar-refractivity contribution in [2.45, 2.75) is 33.6 Å². The molecule has 0 aliphatic heterocycles. The Bertz CT molecular complexity index is 773. The monoisotopic (exact) mass is 385 g/mol. The number of hydrogen-bond donors (Lipinski definition) is 3. The topological polar surface area (TPSA) is 62.4 Å². The maximum absolute atomic E-state index is 12.3. The Labute approximate surface area is 166 Å². The first kappa shape index (κ1) is 20.7. The van der Waals surface area contributed by atoms with E-state index in [1.165, 1.54) is 5.56 Å². The summed E-state index contributed by atoms with van der Waals surface area (Å²) < 4.78 is 5.65. The Balaban J connectivity index is 1.85. The summed E-state index contributed by atoms with van der Waals surface area (Å²) in [7, 11) is 0. The lowest BCUT2D eigenvalue weighted by molar-refractivity contribution is 0.0943. The number of hydrogen-bond acceptors (Lipinski definition) is 3. The van der Waals surface area contributed by atoms with Gasteiger partial charge in [-0.3, -0.25) is 15.6 Å². The van der Waals surface area contributed by atoms with Crippen molar-refractivity contribution in [3.05, 3.63) is 59.7 Å². The molecule has 0 aliphatic carbocycles. The van der Waals surface area contributed by atoms with Gasteiger partial charge in [0.2, 0.25) is 0 Å². The second kappa shape index (κ2) is 9.92. The molecule has 144 valence electrons. The van der Waals surface area contributed by atoms with Crippen LogP contribution in [0.3, 0.4) is 0 Å². The fraction of sp³-hybridized carbons (Fsp3) is 0.333. The lowest BCUT2D eigenvalue weighted by atomic mass is 10.0. The van der Waals surface area contributed by atoms with E-state index >= 15 is 0 Å². The summed E-state index contributed by atoms with van der Waals surface area (Å²) in [5.41, 5.74) is 7.92. The summed E-state index contributed by atoms with van der Waals surface area (Å²) in [5, 5.41) is 3.35. The Hall–Kier alpha value is -2.60. The van der Waals surface area contributed by atoms with Gasteiger partial charge in [0.05, 0.1) is 6.61 Å². The van der Waals surface area contributed by atoms with E-state index in [-0.39, 0.29) is 5.91 Å². The number of hydrazine groups is 1. The van der Waals surface area contributed by atoms with Gasteiger partial charge in [-0.15, -0.1) is 0 Å². The lowest BCUT2D eigenvalue weighted by Crippen LogP contribution is -2.43. The van der Waals surface area contributed by atoms with Crippen LogP contribution in [-0.4, -0.2) is 17.6 Å². The number of anilines is 1. The van der Waals surface area contributed by atoms with E-state index in [1.54, 1.807) is 18.2 Å². The van der Waals surface area contributed by atoms with Crippen LogP contribution in [0.15, 0.2) is 48.5 Å². The maximum Gasteiger partial charge on any atom is 0.269 e. The second-order valence-corrected chi connectivity index (χ2v) is 7.45. The van der Waals surface area contributed by atoms with Crippen molar-refractivity contribution < 1.29 is 9.53 Å². The summed E-state index contributed by atoms with van der Waals surface area (Å²) in [6.07, 6.45) is 0. The summed E-state index contributed by atoms with van der Waals surface area (Å²) >= 11 is 5.22. The third kappa shape index (κ3) is 6.90. The highest BCUT2D eigenvalue weighted by Gasteiger charge is 2.08. The van der Waals surface area contributed by atoms with Gasteiger partial charge in [-0.25, -0.2) is 0 Å². The van der Waals surface area contributed by atoms with Crippen molar-refractivity contribution in [3.63, 3.8) is 0 Å². The molecule has 0 saturated heterocycles. The normalized spacial score (nSPS) is 10.6. The van der Waals surface area contributed by atoms with Gasteiger partial charge in [0.25, 0.3) is 5.91 Å². The van der Waals surface area contributed by atoms with Crippen LogP contribution in [0, 0.1) is 5.92 Å². The molecule has 3 N–H and O–H groups in total. The van der Waals surface area contributed by atoms with E-state index in [1.807, 2.05) is 18.2 Å². The van der Waals surface area contributed by atoms with E-state index in [2.05, 4.69) is 56.0 Å². The van der Waals surface area contributed by atoms with E-state index < -0.39 is 0 Å². The first-order valence-corrected chi connectivity index (χ1v) is 9.46. The highest BCUT2D eigenvalue weighted by molar-refractivity contribution is 7.80. The van der Waals surface area contributed by atoms with Gasteiger partial charge < -0.3 is 10.1 Å². The van der Waals surface area contributed by atoms with Crippen molar-refractivity contribution in [3.8, 4) is 5.75 Å². The molecule has 0 atom stereocenters. The molecule has 2 aromatic rings. The highest BCUT2D eigenvalue weighted by Crippen LogP contribution is 2.17. The fourth-order valence-corrected chi connectivity index (χ4v) is 2.46. The SMILES string of the molecule is CC(C)COc1cccc(C(=O)NNC(=S)Nc2ccc(C(C)C)cc2)c1. The molecule has 0 saturated carbocycles. The van der Waals surface area contributed by atoms with Crippen LogP contribution < -0.4 is 20.9 Å². The minimum absolute atomic E-state index is 0.288. The number of nitrogens with one attached hydrogen (secondary N) is 3. The van der Waals surface area contributed by atoms with Crippen molar-refractivity contribution in [2.24, 2.45) is 5.92 Å². The van der Waals surface area contributed by atoms with Gasteiger partial charge >= 0.3 is 0 Å². The van der Waals surface area contributed by atoms with E-state index in [0.29, 0.717) is 34.9 Å². The van der Waals surface area contributed by atoms with Crippen LogP contribution in [0.4, 0.5) is 5.69 Å². The molecule has 0 radical (unpaired) electrons. The number of amides is 1. The first-order valence-electron chi connectivity index (χ1n) is 9.05. The Morgan fingerprint density at radius 3 is 2.37 bits per heavy atom. The van der Waals surface area contributed by atoms with E-state index in [9.17, 15) is 4.79 Å². The molecule has 0 aliphatic rings. The molecule has 0 aromatic heterocycles. The van der Waals surface area contributed by atoms with Crippen LogP contribution in [0.2, 0.25) is 0 Å². The standard InChI is InChI=1S/C21H27N3O2S/c1-14(2)13-26-19-7-5-6-17(12-19)20(25)23-24-21(27)22-18-10-8-16(9-11-18)15(3)4/h5-12,14-15H,13H2,1-4H3,(H,23,25)(H2,22,24,27). The third-order valence-electron chi connectivity index (χ3n) is 3.80.